The third-order valence-electron chi connectivity index (χ3n) is 3.91. The van der Waals surface area contributed by atoms with Crippen LogP contribution in [0.2, 0.25) is 0 Å². The predicted octanol–water partition coefficient (Wildman–Crippen LogP) is 0.599. The molecule has 4 amide bonds. The highest BCUT2D eigenvalue weighted by molar-refractivity contribution is 6.12. The van der Waals surface area contributed by atoms with Gasteiger partial charge in [-0.3, -0.25) is 14.5 Å². The number of urea groups is 1. The van der Waals surface area contributed by atoms with Crippen LogP contribution in [0.3, 0.4) is 0 Å². The van der Waals surface area contributed by atoms with Crippen LogP contribution in [-0.4, -0.2) is 53.8 Å². The Morgan fingerprint density at radius 1 is 1.25 bits per heavy atom. The summed E-state index contributed by atoms with van der Waals surface area (Å²) in [5.41, 5.74) is 0.219. The third kappa shape index (κ3) is 3.00. The lowest BCUT2D eigenvalue weighted by Gasteiger charge is -2.46. The summed E-state index contributed by atoms with van der Waals surface area (Å²) in [6.45, 7) is 8.54. The monoisotopic (exact) mass is 279 g/mol. The molecule has 1 N–H and O–H groups in total. The maximum absolute atomic E-state index is 11.8. The van der Waals surface area contributed by atoms with Gasteiger partial charge in [-0.15, -0.1) is 0 Å². The van der Waals surface area contributed by atoms with E-state index in [2.05, 4.69) is 26.1 Å². The Bertz CT molecular complexity index is 441. The van der Waals surface area contributed by atoms with Crippen LogP contribution in [0.15, 0.2) is 12.2 Å². The Balaban J connectivity index is 1.67. The van der Waals surface area contributed by atoms with Crippen molar-refractivity contribution in [1.82, 2.24) is 15.1 Å². The number of nitrogens with zero attached hydrogens (tertiary/aromatic N) is 2. The molecule has 0 aliphatic carbocycles. The van der Waals surface area contributed by atoms with Crippen LogP contribution in [-0.2, 0) is 9.59 Å². The first kappa shape index (κ1) is 14.6. The highest BCUT2D eigenvalue weighted by Crippen LogP contribution is 2.33. The number of imide groups is 1. The van der Waals surface area contributed by atoms with Gasteiger partial charge >= 0.3 is 6.03 Å². The molecule has 110 valence electrons. The van der Waals surface area contributed by atoms with Crippen molar-refractivity contribution < 1.29 is 14.4 Å². The molecule has 1 saturated heterocycles. The van der Waals surface area contributed by atoms with Crippen molar-refractivity contribution in [3.05, 3.63) is 12.2 Å². The molecular weight excluding hydrogens is 258 g/mol. The van der Waals surface area contributed by atoms with Gasteiger partial charge in [0.2, 0.25) is 0 Å². The normalized spacial score (nSPS) is 19.6. The Hall–Kier alpha value is -1.85. The molecule has 20 heavy (non-hydrogen) atoms. The third-order valence-corrected chi connectivity index (χ3v) is 3.91. The number of carbonyl (C=O) groups excluding carboxylic acids is 3. The molecule has 0 atom stereocenters. The first-order valence-electron chi connectivity index (χ1n) is 6.85. The highest BCUT2D eigenvalue weighted by atomic mass is 16.2. The van der Waals surface area contributed by atoms with Gasteiger partial charge in [0.1, 0.15) is 0 Å². The quantitative estimate of drug-likeness (QED) is 0.769. The summed E-state index contributed by atoms with van der Waals surface area (Å²) < 4.78 is 0. The summed E-state index contributed by atoms with van der Waals surface area (Å²) in [4.78, 5) is 37.3. The van der Waals surface area contributed by atoms with Crippen LogP contribution in [0.4, 0.5) is 4.79 Å². The summed E-state index contributed by atoms with van der Waals surface area (Å²) in [7, 11) is 0. The van der Waals surface area contributed by atoms with Gasteiger partial charge in [0.15, 0.2) is 0 Å². The Morgan fingerprint density at radius 2 is 1.80 bits per heavy atom. The second-order valence-electron chi connectivity index (χ2n) is 6.36. The average Bonchev–Trinajstić information content (AvgIpc) is 2.56. The van der Waals surface area contributed by atoms with Gasteiger partial charge in [-0.1, -0.05) is 20.8 Å². The van der Waals surface area contributed by atoms with Gasteiger partial charge in [0.05, 0.1) is 0 Å². The van der Waals surface area contributed by atoms with Crippen LogP contribution < -0.4 is 5.32 Å². The molecule has 0 spiro atoms. The number of rotatable bonds is 3. The number of hydrogen-bond donors (Lipinski definition) is 1. The van der Waals surface area contributed by atoms with E-state index in [0.29, 0.717) is 5.92 Å². The lowest BCUT2D eigenvalue weighted by atomic mass is 9.76. The van der Waals surface area contributed by atoms with Crippen LogP contribution >= 0.6 is 0 Å². The maximum atomic E-state index is 11.8. The van der Waals surface area contributed by atoms with E-state index >= 15 is 0 Å². The molecule has 0 saturated carbocycles. The fourth-order valence-corrected chi connectivity index (χ4v) is 2.23. The largest absolute Gasteiger partial charge is 0.336 e. The molecule has 6 nitrogen and oxygen atoms in total. The molecule has 0 aromatic carbocycles. The lowest BCUT2D eigenvalue weighted by Crippen LogP contribution is -2.57. The topological polar surface area (TPSA) is 69.7 Å². The minimum absolute atomic E-state index is 0.127. The maximum Gasteiger partial charge on any atom is 0.317 e. The molecule has 2 heterocycles. The molecule has 0 aromatic heterocycles. The number of carbonyl (C=O) groups is 3. The molecular formula is C14H21N3O3. The zero-order valence-corrected chi connectivity index (χ0v) is 12.2. The van der Waals surface area contributed by atoms with E-state index in [-0.39, 0.29) is 36.3 Å². The van der Waals surface area contributed by atoms with Gasteiger partial charge in [-0.2, -0.15) is 0 Å². The lowest BCUT2D eigenvalue weighted by molar-refractivity contribution is -0.136. The van der Waals surface area contributed by atoms with E-state index in [1.807, 2.05) is 0 Å². The molecule has 2 aliphatic rings. The van der Waals surface area contributed by atoms with Crippen molar-refractivity contribution in [3.63, 3.8) is 0 Å². The van der Waals surface area contributed by atoms with Crippen molar-refractivity contribution >= 4 is 17.8 Å². The van der Waals surface area contributed by atoms with E-state index in [1.54, 1.807) is 4.90 Å². The molecule has 0 bridgehead atoms. The van der Waals surface area contributed by atoms with Crippen LogP contribution in [0.5, 0.6) is 0 Å². The molecule has 2 aliphatic heterocycles. The van der Waals surface area contributed by atoms with Gasteiger partial charge in [0, 0.05) is 38.3 Å². The number of amides is 4. The van der Waals surface area contributed by atoms with Crippen molar-refractivity contribution in [2.75, 3.05) is 26.2 Å². The zero-order valence-electron chi connectivity index (χ0n) is 12.2. The van der Waals surface area contributed by atoms with Crippen molar-refractivity contribution in [2.45, 2.75) is 20.8 Å². The fourth-order valence-electron chi connectivity index (χ4n) is 2.23. The van der Waals surface area contributed by atoms with E-state index < -0.39 is 0 Å². The molecule has 1 fully saturated rings. The van der Waals surface area contributed by atoms with Gasteiger partial charge in [-0.05, 0) is 11.3 Å². The molecule has 0 unspecified atom stereocenters. The van der Waals surface area contributed by atoms with Crippen molar-refractivity contribution in [2.24, 2.45) is 11.3 Å². The van der Waals surface area contributed by atoms with E-state index in [9.17, 15) is 14.4 Å². The van der Waals surface area contributed by atoms with E-state index in [4.69, 9.17) is 0 Å². The van der Waals surface area contributed by atoms with E-state index in [0.717, 1.165) is 18.0 Å². The summed E-state index contributed by atoms with van der Waals surface area (Å²) in [5.74, 6) is -0.110. The minimum Gasteiger partial charge on any atom is -0.336 e. The Labute approximate surface area is 118 Å². The SMILES string of the molecule is CC(C)(C)C1CN(C(=O)NCCN2C(=O)C=CC2=O)C1. The van der Waals surface area contributed by atoms with Gasteiger partial charge in [-0.25, -0.2) is 4.79 Å². The standard InChI is InChI=1S/C14H21N3O3/c1-14(2,3)10-8-16(9-10)13(20)15-6-7-17-11(18)4-5-12(17)19/h4-5,10H,6-9H2,1-3H3,(H,15,20). The second kappa shape index (κ2) is 5.26. The van der Waals surface area contributed by atoms with Crippen LogP contribution in [0.25, 0.3) is 0 Å². The predicted molar refractivity (Wildman–Crippen MR) is 73.8 cm³/mol. The van der Waals surface area contributed by atoms with Gasteiger partial charge < -0.3 is 10.2 Å². The van der Waals surface area contributed by atoms with Crippen LogP contribution in [0.1, 0.15) is 20.8 Å². The van der Waals surface area contributed by atoms with Gasteiger partial charge in [0.25, 0.3) is 11.8 Å². The van der Waals surface area contributed by atoms with Crippen molar-refractivity contribution in [1.29, 1.82) is 0 Å². The second-order valence-corrected chi connectivity index (χ2v) is 6.36. The minimum atomic E-state index is -0.319. The highest BCUT2D eigenvalue weighted by Gasteiger charge is 2.38. The van der Waals surface area contributed by atoms with E-state index in [1.165, 1.54) is 12.2 Å². The molecule has 2 rings (SSSR count). The summed E-state index contributed by atoms with van der Waals surface area (Å²) >= 11 is 0. The average molecular weight is 279 g/mol. The molecule has 0 radical (unpaired) electrons. The smallest absolute Gasteiger partial charge is 0.317 e. The molecule has 0 aromatic rings. The molecule has 6 heteroatoms. The first-order chi connectivity index (χ1) is 9.29. The summed E-state index contributed by atoms with van der Waals surface area (Å²) in [5, 5.41) is 2.74. The number of nitrogens with one attached hydrogen (secondary N) is 1. The number of likely N-dealkylation sites (tertiary alicyclic amines) is 1. The summed E-state index contributed by atoms with van der Waals surface area (Å²) in [6, 6.07) is -0.127. The number of hydrogen-bond acceptors (Lipinski definition) is 3. The Kier molecular flexibility index (Phi) is 3.83. The van der Waals surface area contributed by atoms with Crippen LogP contribution in [0, 0.1) is 11.3 Å². The van der Waals surface area contributed by atoms with Crippen molar-refractivity contribution in [3.8, 4) is 0 Å². The zero-order chi connectivity index (χ0) is 14.9. The Morgan fingerprint density at radius 3 is 2.30 bits per heavy atom. The fraction of sp³-hybridized carbons (Fsp3) is 0.643. The first-order valence-corrected chi connectivity index (χ1v) is 6.85. The summed E-state index contributed by atoms with van der Waals surface area (Å²) in [6.07, 6.45) is 2.49.